The molecule has 3 heterocycles. The number of fused-ring (bicyclic) bond motifs is 1. The SMILES string of the molecule is O=C(NCCNc1cc(Nc2ccccn2)ncn1)c1ccc2nccnc2c1. The lowest BCUT2D eigenvalue weighted by atomic mass is 10.2. The number of anilines is 3. The number of carbonyl (C=O) groups is 1. The second-order valence-corrected chi connectivity index (χ2v) is 6.07. The Hall–Kier alpha value is -4.14. The maximum absolute atomic E-state index is 12.3. The highest BCUT2D eigenvalue weighted by Crippen LogP contribution is 2.13. The second kappa shape index (κ2) is 8.70. The molecule has 0 saturated carbocycles. The van der Waals surface area contributed by atoms with E-state index < -0.39 is 0 Å². The monoisotopic (exact) mass is 386 g/mol. The number of aromatic nitrogens is 5. The topological polar surface area (TPSA) is 118 Å². The van der Waals surface area contributed by atoms with Crippen LogP contribution in [-0.4, -0.2) is 43.9 Å². The normalized spacial score (nSPS) is 10.5. The van der Waals surface area contributed by atoms with E-state index in [9.17, 15) is 4.79 Å². The Kier molecular flexibility index (Phi) is 5.47. The summed E-state index contributed by atoms with van der Waals surface area (Å²) < 4.78 is 0. The maximum atomic E-state index is 12.3. The molecule has 9 nitrogen and oxygen atoms in total. The van der Waals surface area contributed by atoms with Crippen molar-refractivity contribution in [1.29, 1.82) is 0 Å². The highest BCUT2D eigenvalue weighted by Gasteiger charge is 2.07. The Labute approximate surface area is 166 Å². The lowest BCUT2D eigenvalue weighted by Crippen LogP contribution is -2.28. The molecule has 0 aliphatic carbocycles. The van der Waals surface area contributed by atoms with E-state index in [4.69, 9.17) is 0 Å². The number of nitrogens with zero attached hydrogens (tertiary/aromatic N) is 5. The van der Waals surface area contributed by atoms with Crippen molar-refractivity contribution in [2.75, 3.05) is 23.7 Å². The zero-order chi connectivity index (χ0) is 19.9. The van der Waals surface area contributed by atoms with Crippen molar-refractivity contribution in [1.82, 2.24) is 30.2 Å². The molecule has 0 unspecified atom stereocenters. The van der Waals surface area contributed by atoms with Gasteiger partial charge in [0.2, 0.25) is 0 Å². The maximum Gasteiger partial charge on any atom is 0.251 e. The Morgan fingerprint density at radius 1 is 0.759 bits per heavy atom. The summed E-state index contributed by atoms with van der Waals surface area (Å²) in [6.07, 6.45) is 6.39. The van der Waals surface area contributed by atoms with Crippen LogP contribution in [0.2, 0.25) is 0 Å². The summed E-state index contributed by atoms with van der Waals surface area (Å²) in [5.41, 5.74) is 1.98. The van der Waals surface area contributed by atoms with Crippen LogP contribution in [0.1, 0.15) is 10.4 Å². The molecule has 0 aliphatic heterocycles. The Morgan fingerprint density at radius 2 is 1.62 bits per heavy atom. The molecule has 4 aromatic rings. The molecule has 0 saturated heterocycles. The van der Waals surface area contributed by atoms with Crippen LogP contribution in [0.5, 0.6) is 0 Å². The first-order valence-corrected chi connectivity index (χ1v) is 9.01. The standard InChI is InChI=1S/C20H18N8O/c29-20(14-4-5-15-16(11-14)22-8-7-21-15)25-10-9-24-18-12-19(27-13-26-18)28-17-3-1-2-6-23-17/h1-8,11-13H,9-10H2,(H,25,29)(H2,23,24,26,27,28). The fourth-order valence-corrected chi connectivity index (χ4v) is 2.66. The molecule has 9 heteroatoms. The fourth-order valence-electron chi connectivity index (χ4n) is 2.66. The molecule has 0 fully saturated rings. The molecule has 1 aromatic carbocycles. The van der Waals surface area contributed by atoms with Crippen molar-refractivity contribution < 1.29 is 4.79 Å². The Bertz CT molecular complexity index is 1120. The van der Waals surface area contributed by atoms with Crippen molar-refractivity contribution in [2.45, 2.75) is 0 Å². The molecule has 0 radical (unpaired) electrons. The average Bonchev–Trinajstić information content (AvgIpc) is 2.77. The summed E-state index contributed by atoms with van der Waals surface area (Å²) in [4.78, 5) is 33.3. The molecule has 0 bridgehead atoms. The number of nitrogens with one attached hydrogen (secondary N) is 3. The van der Waals surface area contributed by atoms with Crippen molar-refractivity contribution >= 4 is 34.4 Å². The summed E-state index contributed by atoms with van der Waals surface area (Å²) in [6.45, 7) is 0.948. The molecular formula is C20H18N8O. The van der Waals surface area contributed by atoms with Gasteiger partial charge in [0.1, 0.15) is 23.8 Å². The molecule has 3 aromatic heterocycles. The summed E-state index contributed by atoms with van der Waals surface area (Å²) in [7, 11) is 0. The van der Waals surface area contributed by atoms with Gasteiger partial charge >= 0.3 is 0 Å². The predicted molar refractivity (Wildman–Crippen MR) is 110 cm³/mol. The van der Waals surface area contributed by atoms with Gasteiger partial charge in [-0.3, -0.25) is 14.8 Å². The largest absolute Gasteiger partial charge is 0.368 e. The molecule has 144 valence electrons. The smallest absolute Gasteiger partial charge is 0.251 e. The van der Waals surface area contributed by atoms with Crippen molar-refractivity contribution in [3.05, 3.63) is 72.9 Å². The van der Waals surface area contributed by atoms with Gasteiger partial charge in [-0.2, -0.15) is 0 Å². The highest BCUT2D eigenvalue weighted by molar-refractivity contribution is 5.97. The third-order valence-electron chi connectivity index (χ3n) is 4.04. The zero-order valence-electron chi connectivity index (χ0n) is 15.4. The van der Waals surface area contributed by atoms with Gasteiger partial charge in [-0.25, -0.2) is 15.0 Å². The number of hydrogen-bond donors (Lipinski definition) is 3. The quantitative estimate of drug-likeness (QED) is 0.415. The molecule has 3 N–H and O–H groups in total. The lowest BCUT2D eigenvalue weighted by molar-refractivity contribution is 0.0955. The number of benzene rings is 1. The van der Waals surface area contributed by atoms with Gasteiger partial charge in [0, 0.05) is 43.3 Å². The lowest BCUT2D eigenvalue weighted by Gasteiger charge is -2.09. The minimum absolute atomic E-state index is 0.167. The third kappa shape index (κ3) is 4.78. The Morgan fingerprint density at radius 3 is 2.48 bits per heavy atom. The average molecular weight is 386 g/mol. The van der Waals surface area contributed by atoms with Crippen molar-refractivity contribution in [3.8, 4) is 0 Å². The second-order valence-electron chi connectivity index (χ2n) is 6.07. The molecule has 0 spiro atoms. The van der Waals surface area contributed by atoms with E-state index >= 15 is 0 Å². The van der Waals surface area contributed by atoms with Crippen LogP contribution in [0.3, 0.4) is 0 Å². The molecule has 0 atom stereocenters. The van der Waals surface area contributed by atoms with E-state index in [1.54, 1.807) is 42.9 Å². The van der Waals surface area contributed by atoms with E-state index in [2.05, 4.69) is 40.9 Å². The van der Waals surface area contributed by atoms with E-state index in [1.165, 1.54) is 6.33 Å². The molecular weight excluding hydrogens is 368 g/mol. The summed E-state index contributed by atoms with van der Waals surface area (Å²) in [5.74, 6) is 1.81. The van der Waals surface area contributed by atoms with E-state index in [1.807, 2.05) is 18.2 Å². The molecule has 1 amide bonds. The van der Waals surface area contributed by atoms with Gasteiger partial charge in [0.25, 0.3) is 5.91 Å². The summed E-state index contributed by atoms with van der Waals surface area (Å²) in [6, 6.07) is 12.6. The van der Waals surface area contributed by atoms with Crippen molar-refractivity contribution in [2.24, 2.45) is 0 Å². The summed E-state index contributed by atoms with van der Waals surface area (Å²) in [5, 5.41) is 9.13. The first kappa shape index (κ1) is 18.2. The summed E-state index contributed by atoms with van der Waals surface area (Å²) >= 11 is 0. The van der Waals surface area contributed by atoms with Gasteiger partial charge in [0.15, 0.2) is 0 Å². The van der Waals surface area contributed by atoms with Gasteiger partial charge < -0.3 is 16.0 Å². The van der Waals surface area contributed by atoms with Crippen LogP contribution in [0.15, 0.2) is 67.4 Å². The number of carbonyl (C=O) groups excluding carboxylic acids is 1. The minimum atomic E-state index is -0.167. The Balaban J connectivity index is 1.28. The van der Waals surface area contributed by atoms with E-state index in [-0.39, 0.29) is 5.91 Å². The zero-order valence-corrected chi connectivity index (χ0v) is 15.4. The van der Waals surface area contributed by atoms with Gasteiger partial charge in [0.05, 0.1) is 11.0 Å². The molecule has 4 rings (SSSR count). The third-order valence-corrected chi connectivity index (χ3v) is 4.04. The van der Waals surface area contributed by atoms with Gasteiger partial charge in [-0.15, -0.1) is 0 Å². The van der Waals surface area contributed by atoms with Crippen molar-refractivity contribution in [3.63, 3.8) is 0 Å². The van der Waals surface area contributed by atoms with Crippen LogP contribution in [0, 0.1) is 0 Å². The minimum Gasteiger partial charge on any atom is -0.368 e. The number of amides is 1. The molecule has 29 heavy (non-hydrogen) atoms. The highest BCUT2D eigenvalue weighted by atomic mass is 16.1. The van der Waals surface area contributed by atoms with Crippen LogP contribution in [0.4, 0.5) is 17.5 Å². The van der Waals surface area contributed by atoms with Crippen LogP contribution in [0.25, 0.3) is 11.0 Å². The van der Waals surface area contributed by atoms with Crippen LogP contribution >= 0.6 is 0 Å². The van der Waals surface area contributed by atoms with E-state index in [0.717, 1.165) is 5.52 Å². The number of rotatable bonds is 7. The van der Waals surface area contributed by atoms with Gasteiger partial charge in [-0.1, -0.05) is 6.07 Å². The van der Waals surface area contributed by atoms with Crippen LogP contribution < -0.4 is 16.0 Å². The number of hydrogen-bond acceptors (Lipinski definition) is 8. The van der Waals surface area contributed by atoms with Gasteiger partial charge in [-0.05, 0) is 30.3 Å². The fraction of sp³-hybridized carbons (Fsp3) is 0.100. The number of pyridine rings is 1. The van der Waals surface area contributed by atoms with E-state index in [0.29, 0.717) is 41.6 Å². The van der Waals surface area contributed by atoms with Crippen LogP contribution in [-0.2, 0) is 0 Å². The first-order valence-electron chi connectivity index (χ1n) is 9.01. The first-order chi connectivity index (χ1) is 14.3. The molecule has 0 aliphatic rings. The predicted octanol–water partition coefficient (Wildman–Crippen LogP) is 2.40.